The van der Waals surface area contributed by atoms with Crippen LogP contribution in [-0.2, 0) is 17.8 Å². The molecule has 1 unspecified atom stereocenters. The number of aromatic nitrogens is 1. The van der Waals surface area contributed by atoms with E-state index >= 15 is 0 Å². The Morgan fingerprint density at radius 2 is 1.97 bits per heavy atom. The van der Waals surface area contributed by atoms with Crippen LogP contribution in [0.25, 0.3) is 0 Å². The third-order valence-electron chi connectivity index (χ3n) is 9.30. The molecule has 0 bridgehead atoms. The van der Waals surface area contributed by atoms with Gasteiger partial charge in [-0.3, -0.25) is 4.79 Å². The number of nitrogens with one attached hydrogen (secondary N) is 1. The highest BCUT2D eigenvalue weighted by Crippen LogP contribution is 2.57. The van der Waals surface area contributed by atoms with Crippen LogP contribution in [-0.4, -0.2) is 47.1 Å². The van der Waals surface area contributed by atoms with Crippen molar-refractivity contribution in [2.24, 2.45) is 23.2 Å². The van der Waals surface area contributed by atoms with E-state index in [1.807, 2.05) is 48.4 Å². The topological polar surface area (TPSA) is 65.5 Å². The van der Waals surface area contributed by atoms with Gasteiger partial charge in [0.25, 0.3) is 0 Å². The number of carbonyl (C=O) groups excluding carboxylic acids is 1. The van der Waals surface area contributed by atoms with Crippen LogP contribution in [0, 0.1) is 23.2 Å². The normalized spacial score (nSPS) is 31.9. The number of benzene rings is 1. The number of fused-ring (bicyclic) bond motifs is 2. The molecule has 0 radical (unpaired) electrons. The molecule has 5 rings (SSSR count). The lowest BCUT2D eigenvalue weighted by Crippen LogP contribution is -2.53. The number of hydrogen-bond acceptors (Lipinski definition) is 5. The fourth-order valence-corrected chi connectivity index (χ4v) is 8.81. The molecule has 2 fully saturated rings. The highest BCUT2D eigenvalue weighted by Gasteiger charge is 2.54. The zero-order chi connectivity index (χ0) is 24.7. The maximum absolute atomic E-state index is 13.4. The minimum absolute atomic E-state index is 0.00896. The SMILES string of the molecule is C[C@H](C(=O)N(C)Cc1ccccc1)C1CC[C@@]2(C)Cc3sc(C4CCNCC4)nc3[C@@H](C)[C@@H]2[C@H]1O. The largest absolute Gasteiger partial charge is 0.392 e. The second-order valence-corrected chi connectivity index (χ2v) is 12.8. The van der Waals surface area contributed by atoms with E-state index in [4.69, 9.17) is 4.98 Å². The summed E-state index contributed by atoms with van der Waals surface area (Å²) in [5.74, 6) is 0.865. The van der Waals surface area contributed by atoms with Gasteiger partial charge >= 0.3 is 0 Å². The van der Waals surface area contributed by atoms with Crippen LogP contribution in [0.1, 0.15) is 79.4 Å². The molecule has 1 saturated carbocycles. The van der Waals surface area contributed by atoms with Gasteiger partial charge in [0.15, 0.2) is 0 Å². The van der Waals surface area contributed by atoms with Crippen molar-refractivity contribution < 1.29 is 9.90 Å². The van der Waals surface area contributed by atoms with Crippen molar-refractivity contribution >= 4 is 17.2 Å². The molecule has 2 N–H and O–H groups in total. The second-order valence-electron chi connectivity index (χ2n) is 11.7. The van der Waals surface area contributed by atoms with E-state index in [9.17, 15) is 9.90 Å². The van der Waals surface area contributed by atoms with Crippen molar-refractivity contribution in [3.05, 3.63) is 51.5 Å². The molecule has 2 heterocycles. The Hall–Kier alpha value is -1.76. The predicted molar refractivity (Wildman–Crippen MR) is 141 cm³/mol. The van der Waals surface area contributed by atoms with Gasteiger partial charge in [0.2, 0.25) is 5.91 Å². The molecule has 35 heavy (non-hydrogen) atoms. The zero-order valence-corrected chi connectivity index (χ0v) is 22.5. The first kappa shape index (κ1) is 24.9. The van der Waals surface area contributed by atoms with Crippen LogP contribution in [0.15, 0.2) is 30.3 Å². The molecule has 1 amide bonds. The molecule has 6 heteroatoms. The zero-order valence-electron chi connectivity index (χ0n) is 21.7. The summed E-state index contributed by atoms with van der Waals surface area (Å²) in [5, 5.41) is 16.5. The van der Waals surface area contributed by atoms with Crippen LogP contribution in [0.5, 0.6) is 0 Å². The molecular weight excluding hydrogens is 454 g/mol. The number of aliphatic hydroxyl groups excluding tert-OH is 1. The number of carbonyl (C=O) groups is 1. The second kappa shape index (κ2) is 9.95. The first-order valence-electron chi connectivity index (χ1n) is 13.5. The molecule has 2 aromatic rings. The number of hydrogen-bond donors (Lipinski definition) is 2. The molecule has 1 aliphatic heterocycles. The molecule has 0 spiro atoms. The Balaban J connectivity index is 1.33. The fourth-order valence-electron chi connectivity index (χ4n) is 7.27. The third kappa shape index (κ3) is 4.70. The van der Waals surface area contributed by atoms with Crippen molar-refractivity contribution in [1.29, 1.82) is 0 Å². The molecule has 3 aliphatic rings. The summed E-state index contributed by atoms with van der Waals surface area (Å²) in [6, 6.07) is 10.1. The molecule has 1 aromatic heterocycles. The van der Waals surface area contributed by atoms with Gasteiger partial charge in [-0.25, -0.2) is 4.98 Å². The number of rotatable bonds is 5. The summed E-state index contributed by atoms with van der Waals surface area (Å²) in [4.78, 5) is 21.9. The van der Waals surface area contributed by atoms with E-state index in [0.29, 0.717) is 12.5 Å². The van der Waals surface area contributed by atoms with Crippen LogP contribution in [0.3, 0.4) is 0 Å². The highest BCUT2D eigenvalue weighted by molar-refractivity contribution is 7.11. The van der Waals surface area contributed by atoms with E-state index in [-0.39, 0.29) is 35.0 Å². The van der Waals surface area contributed by atoms with Crippen molar-refractivity contribution in [2.75, 3.05) is 20.1 Å². The van der Waals surface area contributed by atoms with E-state index in [0.717, 1.165) is 37.9 Å². The van der Waals surface area contributed by atoms with Crippen molar-refractivity contribution in [3.63, 3.8) is 0 Å². The minimum Gasteiger partial charge on any atom is -0.392 e. The monoisotopic (exact) mass is 495 g/mol. The quantitative estimate of drug-likeness (QED) is 0.616. The van der Waals surface area contributed by atoms with Crippen LogP contribution >= 0.6 is 11.3 Å². The third-order valence-corrected chi connectivity index (χ3v) is 10.5. The molecule has 1 saturated heterocycles. The molecule has 1 aromatic carbocycles. The van der Waals surface area contributed by atoms with Gasteiger partial charge in [0, 0.05) is 36.2 Å². The van der Waals surface area contributed by atoms with Crippen molar-refractivity contribution in [1.82, 2.24) is 15.2 Å². The summed E-state index contributed by atoms with van der Waals surface area (Å²) in [6.45, 7) is 9.43. The van der Waals surface area contributed by atoms with Crippen LogP contribution in [0.2, 0.25) is 0 Å². The van der Waals surface area contributed by atoms with Crippen molar-refractivity contribution in [2.45, 2.75) is 77.4 Å². The van der Waals surface area contributed by atoms with Gasteiger partial charge in [-0.2, -0.15) is 0 Å². The van der Waals surface area contributed by atoms with Gasteiger partial charge in [0.05, 0.1) is 16.8 Å². The van der Waals surface area contributed by atoms with Crippen molar-refractivity contribution in [3.8, 4) is 0 Å². The lowest BCUT2D eigenvalue weighted by Gasteiger charge is -2.53. The van der Waals surface area contributed by atoms with E-state index in [1.54, 1.807) is 0 Å². The fraction of sp³-hybridized carbons (Fsp3) is 0.655. The summed E-state index contributed by atoms with van der Waals surface area (Å²) in [7, 11) is 1.89. The molecule has 190 valence electrons. The number of piperidine rings is 1. The Bertz CT molecular complexity index is 1030. The van der Waals surface area contributed by atoms with Gasteiger partial charge in [-0.05, 0) is 68.0 Å². The summed E-state index contributed by atoms with van der Waals surface area (Å²) >= 11 is 1.94. The van der Waals surface area contributed by atoms with Gasteiger partial charge in [0.1, 0.15) is 0 Å². The standard InChI is InChI=1S/C29H41N3O2S/c1-18(28(34)32(4)17-20-8-6-5-7-9-20)22-10-13-29(3)16-23-25(19(2)24(29)26(22)33)31-27(35-23)21-11-14-30-15-12-21/h5-9,18-19,21-22,24,26,30,33H,10-17H2,1-4H3/t18-,19-,22?,24+,26-,29-/m0/s1. The lowest BCUT2D eigenvalue weighted by molar-refractivity contribution is -0.144. The number of amides is 1. The summed E-state index contributed by atoms with van der Waals surface area (Å²) in [5.41, 5.74) is 2.43. The molecular formula is C29H41N3O2S. The summed E-state index contributed by atoms with van der Waals surface area (Å²) in [6.07, 6.45) is 4.83. The molecule has 6 atom stereocenters. The highest BCUT2D eigenvalue weighted by atomic mass is 32.1. The Morgan fingerprint density at radius 3 is 2.69 bits per heavy atom. The summed E-state index contributed by atoms with van der Waals surface area (Å²) < 4.78 is 0. The average molecular weight is 496 g/mol. The van der Waals surface area contributed by atoms with E-state index < -0.39 is 6.10 Å². The average Bonchev–Trinajstić information content (AvgIpc) is 3.28. The molecule has 5 nitrogen and oxygen atoms in total. The minimum atomic E-state index is -0.481. The van der Waals surface area contributed by atoms with E-state index in [2.05, 4.69) is 31.3 Å². The van der Waals surface area contributed by atoms with Gasteiger partial charge in [-0.15, -0.1) is 11.3 Å². The van der Waals surface area contributed by atoms with E-state index in [1.165, 1.54) is 28.4 Å². The molecule has 2 aliphatic carbocycles. The van der Waals surface area contributed by atoms with Gasteiger partial charge < -0.3 is 15.3 Å². The Labute approximate surface area is 214 Å². The number of nitrogens with zero attached hydrogens (tertiary/aromatic N) is 2. The lowest BCUT2D eigenvalue weighted by atomic mass is 9.53. The number of aliphatic hydroxyl groups is 1. The van der Waals surface area contributed by atoms with Crippen LogP contribution in [0.4, 0.5) is 0 Å². The first-order chi connectivity index (χ1) is 16.8. The van der Waals surface area contributed by atoms with Gasteiger partial charge in [-0.1, -0.05) is 51.1 Å². The number of thiazole rings is 1. The Morgan fingerprint density at radius 1 is 1.26 bits per heavy atom. The smallest absolute Gasteiger partial charge is 0.225 e. The Kier molecular flexibility index (Phi) is 7.08. The van der Waals surface area contributed by atoms with Crippen LogP contribution < -0.4 is 5.32 Å². The maximum Gasteiger partial charge on any atom is 0.225 e. The first-order valence-corrected chi connectivity index (χ1v) is 14.3. The predicted octanol–water partition coefficient (Wildman–Crippen LogP) is 4.96. The maximum atomic E-state index is 13.4.